The number of hydrogen-bond acceptors (Lipinski definition) is 4. The molecule has 4 rings (SSSR count). The predicted octanol–water partition coefficient (Wildman–Crippen LogP) is 5.14. The molecule has 0 amide bonds. The summed E-state index contributed by atoms with van der Waals surface area (Å²) in [4.78, 5) is 7.51. The van der Waals surface area contributed by atoms with Crippen LogP contribution in [0.1, 0.15) is 16.7 Å². The Labute approximate surface area is 224 Å². The van der Waals surface area contributed by atoms with Crippen LogP contribution in [0.15, 0.2) is 96.2 Å². The zero-order valence-electron chi connectivity index (χ0n) is 20.0. The summed E-state index contributed by atoms with van der Waals surface area (Å²) in [7, 11) is -3.91. The van der Waals surface area contributed by atoms with Gasteiger partial charge in [0.2, 0.25) is 10.0 Å². The van der Waals surface area contributed by atoms with Crippen molar-refractivity contribution in [1.29, 1.82) is 0 Å². The average molecular weight is 557 g/mol. The van der Waals surface area contributed by atoms with Crippen molar-refractivity contribution in [2.75, 3.05) is 4.90 Å². The Morgan fingerprint density at radius 3 is 1.95 bits per heavy atom. The molecule has 0 bridgehead atoms. The molecule has 6 nitrogen and oxygen atoms in total. The standard InChI is InChI=1S/C27H23F3N4O2S2/c28-22-4-1-19(2-5-22)18-34(23-6-8-24(9-7-23)38(31,35)36)27(37)33(16-20-11-13-32-14-12-20)17-21-3-10-25(29)26(30)15-21/h1-15H,16-18H2,(H2,31,35,36). The van der Waals surface area contributed by atoms with Gasteiger partial charge in [-0.1, -0.05) is 18.2 Å². The summed E-state index contributed by atoms with van der Waals surface area (Å²) < 4.78 is 64.7. The summed E-state index contributed by atoms with van der Waals surface area (Å²) in [6.45, 7) is 0.682. The lowest BCUT2D eigenvalue weighted by atomic mass is 10.1. The van der Waals surface area contributed by atoms with Crippen LogP contribution in [0.25, 0.3) is 0 Å². The van der Waals surface area contributed by atoms with E-state index < -0.39 is 27.5 Å². The summed E-state index contributed by atoms with van der Waals surface area (Å²) in [6, 6.07) is 19.0. The molecular weight excluding hydrogens is 533 g/mol. The lowest BCUT2D eigenvalue weighted by Gasteiger charge is -2.34. The van der Waals surface area contributed by atoms with Gasteiger partial charge in [0.05, 0.1) is 11.4 Å². The molecule has 0 radical (unpaired) electrons. The first-order chi connectivity index (χ1) is 18.1. The number of benzene rings is 3. The largest absolute Gasteiger partial charge is 0.340 e. The van der Waals surface area contributed by atoms with Crippen LogP contribution in [-0.4, -0.2) is 23.4 Å². The Kier molecular flexibility index (Phi) is 8.40. The summed E-state index contributed by atoms with van der Waals surface area (Å²) in [5.41, 5.74) is 2.65. The SMILES string of the molecule is NS(=O)(=O)c1ccc(N(Cc2ccc(F)cc2)C(=S)N(Cc2ccncc2)Cc2ccc(F)c(F)c2)cc1. The maximum absolute atomic E-state index is 14.0. The topological polar surface area (TPSA) is 79.5 Å². The third-order valence-corrected chi connectivity index (χ3v) is 7.12. The Morgan fingerprint density at radius 2 is 1.34 bits per heavy atom. The number of pyridine rings is 1. The molecule has 11 heteroatoms. The molecule has 1 aromatic heterocycles. The lowest BCUT2D eigenvalue weighted by molar-refractivity contribution is 0.403. The first kappa shape index (κ1) is 27.2. The van der Waals surface area contributed by atoms with Crippen molar-refractivity contribution in [3.8, 4) is 0 Å². The highest BCUT2D eigenvalue weighted by Gasteiger charge is 2.21. The number of nitrogens with two attached hydrogens (primary N) is 1. The predicted molar refractivity (Wildman–Crippen MR) is 143 cm³/mol. The van der Waals surface area contributed by atoms with Gasteiger partial charge in [-0.3, -0.25) is 4.98 Å². The molecule has 0 aliphatic rings. The molecular formula is C27H23F3N4O2S2. The smallest absolute Gasteiger partial charge is 0.238 e. The summed E-state index contributed by atoms with van der Waals surface area (Å²) in [5.74, 6) is -2.32. The monoisotopic (exact) mass is 556 g/mol. The Bertz CT molecular complexity index is 1520. The van der Waals surface area contributed by atoms with Crippen LogP contribution in [-0.2, 0) is 29.7 Å². The van der Waals surface area contributed by atoms with Crippen molar-refractivity contribution < 1.29 is 21.6 Å². The molecule has 0 fully saturated rings. The number of halogens is 3. The second-order valence-corrected chi connectivity index (χ2v) is 10.4. The van der Waals surface area contributed by atoms with E-state index in [1.807, 2.05) is 12.1 Å². The van der Waals surface area contributed by atoms with Gasteiger partial charge in [-0.25, -0.2) is 26.7 Å². The molecule has 0 saturated heterocycles. The fourth-order valence-corrected chi connectivity index (χ4v) is 4.60. The summed E-state index contributed by atoms with van der Waals surface area (Å²) in [5, 5.41) is 5.57. The minimum Gasteiger partial charge on any atom is -0.340 e. The van der Waals surface area contributed by atoms with Crippen LogP contribution in [0.5, 0.6) is 0 Å². The summed E-state index contributed by atoms with van der Waals surface area (Å²) in [6.07, 6.45) is 3.27. The van der Waals surface area contributed by atoms with E-state index in [2.05, 4.69) is 4.98 Å². The normalized spacial score (nSPS) is 11.3. The van der Waals surface area contributed by atoms with Crippen LogP contribution >= 0.6 is 12.2 Å². The number of thiocarbonyl (C=S) groups is 1. The molecule has 38 heavy (non-hydrogen) atoms. The van der Waals surface area contributed by atoms with Crippen molar-refractivity contribution in [1.82, 2.24) is 9.88 Å². The van der Waals surface area contributed by atoms with E-state index in [1.165, 1.54) is 30.3 Å². The number of anilines is 1. The van der Waals surface area contributed by atoms with E-state index in [4.69, 9.17) is 17.4 Å². The Balaban J connectivity index is 1.73. The summed E-state index contributed by atoms with van der Waals surface area (Å²) >= 11 is 5.92. The zero-order chi connectivity index (χ0) is 27.3. The minimum absolute atomic E-state index is 0.0654. The highest BCUT2D eigenvalue weighted by Crippen LogP contribution is 2.24. The average Bonchev–Trinajstić information content (AvgIpc) is 2.90. The molecule has 0 aliphatic carbocycles. The Hall–Kier alpha value is -3.80. The molecule has 196 valence electrons. The number of sulfonamides is 1. The molecule has 0 unspecified atom stereocenters. The van der Waals surface area contributed by atoms with Crippen LogP contribution in [0.3, 0.4) is 0 Å². The van der Waals surface area contributed by atoms with Crippen LogP contribution in [0, 0.1) is 17.5 Å². The third kappa shape index (κ3) is 6.94. The van der Waals surface area contributed by atoms with Gasteiger partial charge in [0.15, 0.2) is 16.7 Å². The number of aromatic nitrogens is 1. The van der Waals surface area contributed by atoms with Gasteiger partial charge in [-0.15, -0.1) is 0 Å². The lowest BCUT2D eigenvalue weighted by Crippen LogP contribution is -2.42. The van der Waals surface area contributed by atoms with Gasteiger partial charge in [-0.05, 0) is 89.6 Å². The first-order valence-corrected chi connectivity index (χ1v) is 13.3. The Morgan fingerprint density at radius 1 is 0.763 bits per heavy atom. The van der Waals surface area contributed by atoms with Crippen LogP contribution in [0.4, 0.5) is 18.9 Å². The first-order valence-electron chi connectivity index (χ1n) is 11.4. The maximum atomic E-state index is 14.0. The number of primary sulfonamides is 1. The third-order valence-electron chi connectivity index (χ3n) is 5.71. The highest BCUT2D eigenvalue weighted by atomic mass is 32.2. The van der Waals surface area contributed by atoms with Gasteiger partial charge in [0, 0.05) is 31.2 Å². The van der Waals surface area contributed by atoms with E-state index >= 15 is 0 Å². The van der Waals surface area contributed by atoms with E-state index in [0.29, 0.717) is 22.9 Å². The van der Waals surface area contributed by atoms with Crippen molar-refractivity contribution in [2.24, 2.45) is 5.14 Å². The second kappa shape index (κ2) is 11.7. The molecule has 1 heterocycles. The molecule has 3 aromatic carbocycles. The van der Waals surface area contributed by atoms with E-state index in [1.54, 1.807) is 46.5 Å². The van der Waals surface area contributed by atoms with E-state index in [0.717, 1.165) is 23.3 Å². The van der Waals surface area contributed by atoms with Crippen LogP contribution in [0.2, 0.25) is 0 Å². The molecule has 2 N–H and O–H groups in total. The van der Waals surface area contributed by atoms with Crippen LogP contribution < -0.4 is 10.0 Å². The molecule has 0 spiro atoms. The van der Waals surface area contributed by atoms with E-state index in [9.17, 15) is 21.6 Å². The van der Waals surface area contributed by atoms with Gasteiger partial charge in [0.1, 0.15) is 5.82 Å². The zero-order valence-corrected chi connectivity index (χ0v) is 21.6. The van der Waals surface area contributed by atoms with Gasteiger partial charge in [0.25, 0.3) is 0 Å². The van der Waals surface area contributed by atoms with Crippen molar-refractivity contribution >= 4 is 33.0 Å². The molecule has 0 saturated carbocycles. The van der Waals surface area contributed by atoms with Crippen molar-refractivity contribution in [2.45, 2.75) is 24.5 Å². The number of rotatable bonds is 8. The fraction of sp³-hybridized carbons (Fsp3) is 0.111. The minimum atomic E-state index is -3.91. The van der Waals surface area contributed by atoms with Crippen molar-refractivity contribution in [3.63, 3.8) is 0 Å². The van der Waals surface area contributed by atoms with Gasteiger partial charge < -0.3 is 9.80 Å². The number of nitrogens with zero attached hydrogens (tertiary/aromatic N) is 3. The molecule has 0 aliphatic heterocycles. The van der Waals surface area contributed by atoms with Crippen molar-refractivity contribution in [3.05, 3.63) is 125 Å². The fourth-order valence-electron chi connectivity index (χ4n) is 3.79. The van der Waals surface area contributed by atoms with Gasteiger partial charge in [-0.2, -0.15) is 0 Å². The van der Waals surface area contributed by atoms with Gasteiger partial charge >= 0.3 is 0 Å². The second-order valence-electron chi connectivity index (χ2n) is 8.49. The quantitative estimate of drug-likeness (QED) is 0.303. The maximum Gasteiger partial charge on any atom is 0.238 e. The van der Waals surface area contributed by atoms with E-state index in [-0.39, 0.29) is 18.0 Å². The molecule has 0 atom stereocenters. The number of hydrogen-bond donors (Lipinski definition) is 1. The highest BCUT2D eigenvalue weighted by molar-refractivity contribution is 7.89. The molecule has 4 aromatic rings.